The number of esters is 1. The number of hydrogen-bond acceptors (Lipinski definition) is 3. The fourth-order valence-electron chi connectivity index (χ4n) is 2.44. The van der Waals surface area contributed by atoms with E-state index in [1.54, 1.807) is 12.1 Å². The molecule has 0 aromatic heterocycles. The molecule has 18 heavy (non-hydrogen) atoms. The quantitative estimate of drug-likeness (QED) is 0.601. The lowest BCUT2D eigenvalue weighted by Crippen LogP contribution is -2.28. The summed E-state index contributed by atoms with van der Waals surface area (Å²) >= 11 is 0. The van der Waals surface area contributed by atoms with Crippen LogP contribution in [0.25, 0.3) is 0 Å². The molecule has 0 aliphatic carbocycles. The Morgan fingerprint density at radius 3 is 2.89 bits per heavy atom. The van der Waals surface area contributed by atoms with Gasteiger partial charge in [0, 0.05) is 0 Å². The summed E-state index contributed by atoms with van der Waals surface area (Å²) in [6.07, 6.45) is 3.58. The van der Waals surface area contributed by atoms with Gasteiger partial charge in [-0.3, -0.25) is 4.79 Å². The topological polar surface area (TPSA) is 50.1 Å². The molecule has 0 N–H and O–H groups in total. The van der Waals surface area contributed by atoms with Gasteiger partial charge in [0.2, 0.25) is 0 Å². The number of hydrogen-bond donors (Lipinski definition) is 0. The van der Waals surface area contributed by atoms with Crippen LogP contribution >= 0.6 is 0 Å². The van der Waals surface area contributed by atoms with Crippen molar-refractivity contribution in [1.82, 2.24) is 0 Å². The molecule has 92 valence electrons. The van der Waals surface area contributed by atoms with Crippen molar-refractivity contribution in [2.75, 3.05) is 6.61 Å². The van der Waals surface area contributed by atoms with Crippen molar-refractivity contribution in [3.63, 3.8) is 0 Å². The first-order valence-corrected chi connectivity index (χ1v) is 5.98. The number of cyclic esters (lactones) is 1. The minimum absolute atomic E-state index is 0.171. The number of benzene rings is 1. The molecule has 1 aromatic carbocycles. The highest BCUT2D eigenvalue weighted by molar-refractivity contribution is 5.79. The third-order valence-electron chi connectivity index (χ3n) is 3.45. The Kier molecular flexibility index (Phi) is 3.47. The van der Waals surface area contributed by atoms with Crippen LogP contribution in [0.5, 0.6) is 0 Å². The van der Waals surface area contributed by atoms with Gasteiger partial charge in [-0.2, -0.15) is 5.26 Å². The van der Waals surface area contributed by atoms with E-state index >= 15 is 0 Å². The van der Waals surface area contributed by atoms with Crippen LogP contribution in [-0.2, 0) is 16.0 Å². The van der Waals surface area contributed by atoms with Crippen LogP contribution in [-0.4, -0.2) is 12.6 Å². The van der Waals surface area contributed by atoms with E-state index in [0.717, 1.165) is 5.56 Å². The Labute approximate surface area is 107 Å². The van der Waals surface area contributed by atoms with E-state index in [2.05, 4.69) is 12.6 Å². The zero-order chi connectivity index (χ0) is 13.0. The van der Waals surface area contributed by atoms with Gasteiger partial charge in [0.15, 0.2) is 0 Å². The summed E-state index contributed by atoms with van der Waals surface area (Å²) in [5.41, 5.74) is 0.996. The highest BCUT2D eigenvalue weighted by Crippen LogP contribution is 2.38. The Hall–Kier alpha value is -2.08. The van der Waals surface area contributed by atoms with E-state index in [1.807, 2.05) is 18.2 Å². The highest BCUT2D eigenvalue weighted by Gasteiger charge is 2.43. The van der Waals surface area contributed by atoms with Crippen LogP contribution in [0.1, 0.15) is 24.0 Å². The molecular weight excluding hydrogens is 226 g/mol. The third-order valence-corrected chi connectivity index (χ3v) is 3.45. The maximum absolute atomic E-state index is 11.9. The molecule has 1 fully saturated rings. The number of carbonyl (C=O) groups is 1. The molecule has 1 saturated heterocycles. The third kappa shape index (κ3) is 2.14. The predicted octanol–water partition coefficient (Wildman–Crippen LogP) is 2.61. The number of nitriles is 1. The van der Waals surface area contributed by atoms with Gasteiger partial charge in [-0.05, 0) is 30.9 Å². The van der Waals surface area contributed by atoms with Crippen molar-refractivity contribution < 1.29 is 9.53 Å². The standard InChI is InChI=1S/C15H15NO2/c1-2-7-15(8-9-18-14(15)17)10-12-5-3-4-6-13(12)11-16/h2-6H,1,7-10H2. The second-order valence-electron chi connectivity index (χ2n) is 4.60. The van der Waals surface area contributed by atoms with Crippen molar-refractivity contribution >= 4 is 5.97 Å². The van der Waals surface area contributed by atoms with Crippen LogP contribution in [0.3, 0.4) is 0 Å². The molecule has 1 aliphatic rings. The minimum Gasteiger partial charge on any atom is -0.465 e. The Morgan fingerprint density at radius 2 is 2.28 bits per heavy atom. The Balaban J connectivity index is 2.33. The zero-order valence-electron chi connectivity index (χ0n) is 10.2. The molecule has 0 spiro atoms. The van der Waals surface area contributed by atoms with Gasteiger partial charge < -0.3 is 4.74 Å². The lowest BCUT2D eigenvalue weighted by molar-refractivity contribution is -0.146. The predicted molar refractivity (Wildman–Crippen MR) is 67.7 cm³/mol. The van der Waals surface area contributed by atoms with E-state index in [-0.39, 0.29) is 5.97 Å². The van der Waals surface area contributed by atoms with Crippen molar-refractivity contribution in [3.8, 4) is 6.07 Å². The van der Waals surface area contributed by atoms with Crippen molar-refractivity contribution in [1.29, 1.82) is 5.26 Å². The first-order valence-electron chi connectivity index (χ1n) is 5.98. The smallest absolute Gasteiger partial charge is 0.312 e. The molecule has 1 heterocycles. The minimum atomic E-state index is -0.533. The van der Waals surface area contributed by atoms with Crippen LogP contribution in [0.4, 0.5) is 0 Å². The fourth-order valence-corrected chi connectivity index (χ4v) is 2.44. The molecule has 0 radical (unpaired) electrons. The average molecular weight is 241 g/mol. The maximum atomic E-state index is 11.9. The molecule has 2 rings (SSSR count). The monoisotopic (exact) mass is 241 g/mol. The summed E-state index contributed by atoms with van der Waals surface area (Å²) in [5, 5.41) is 9.09. The summed E-state index contributed by atoms with van der Waals surface area (Å²) < 4.78 is 5.10. The summed E-state index contributed by atoms with van der Waals surface area (Å²) in [5.74, 6) is -0.171. The number of carbonyl (C=O) groups excluding carboxylic acids is 1. The summed E-state index contributed by atoms with van der Waals surface area (Å²) in [4.78, 5) is 11.9. The number of rotatable bonds is 4. The first-order chi connectivity index (χ1) is 8.72. The number of allylic oxidation sites excluding steroid dienone is 1. The van der Waals surface area contributed by atoms with Gasteiger partial charge in [0.1, 0.15) is 0 Å². The van der Waals surface area contributed by atoms with Gasteiger partial charge in [-0.15, -0.1) is 6.58 Å². The molecule has 1 aromatic rings. The van der Waals surface area contributed by atoms with E-state index in [1.165, 1.54) is 0 Å². The van der Waals surface area contributed by atoms with Gasteiger partial charge in [0.05, 0.1) is 23.7 Å². The van der Waals surface area contributed by atoms with E-state index in [0.29, 0.717) is 31.4 Å². The van der Waals surface area contributed by atoms with Gasteiger partial charge in [0.25, 0.3) is 0 Å². The number of nitrogens with zero attached hydrogens (tertiary/aromatic N) is 1. The second-order valence-corrected chi connectivity index (χ2v) is 4.60. The van der Waals surface area contributed by atoms with Gasteiger partial charge in [-0.1, -0.05) is 24.3 Å². The van der Waals surface area contributed by atoms with Gasteiger partial charge in [-0.25, -0.2) is 0 Å². The van der Waals surface area contributed by atoms with Crippen LogP contribution < -0.4 is 0 Å². The second kappa shape index (κ2) is 5.05. The van der Waals surface area contributed by atoms with Crippen molar-refractivity contribution in [3.05, 3.63) is 48.0 Å². The summed E-state index contributed by atoms with van der Waals surface area (Å²) in [6, 6.07) is 9.55. The molecule has 0 bridgehead atoms. The van der Waals surface area contributed by atoms with Gasteiger partial charge >= 0.3 is 5.97 Å². The highest BCUT2D eigenvalue weighted by atomic mass is 16.5. The lowest BCUT2D eigenvalue weighted by atomic mass is 9.77. The molecule has 3 nitrogen and oxygen atoms in total. The summed E-state index contributed by atoms with van der Waals surface area (Å²) in [7, 11) is 0. The SMILES string of the molecule is C=CCC1(Cc2ccccc2C#N)CCOC1=O. The molecular formula is C15H15NO2. The molecule has 0 amide bonds. The molecule has 1 atom stereocenters. The molecule has 0 saturated carbocycles. The van der Waals surface area contributed by atoms with E-state index in [9.17, 15) is 4.79 Å². The largest absolute Gasteiger partial charge is 0.465 e. The lowest BCUT2D eigenvalue weighted by Gasteiger charge is -2.23. The fraction of sp³-hybridized carbons (Fsp3) is 0.333. The van der Waals surface area contributed by atoms with Crippen molar-refractivity contribution in [2.24, 2.45) is 5.41 Å². The Bertz CT molecular complexity index is 515. The summed E-state index contributed by atoms with van der Waals surface area (Å²) in [6.45, 7) is 4.17. The van der Waals surface area contributed by atoms with Crippen LogP contribution in [0.2, 0.25) is 0 Å². The van der Waals surface area contributed by atoms with E-state index in [4.69, 9.17) is 10.00 Å². The Morgan fingerprint density at radius 1 is 1.50 bits per heavy atom. The molecule has 1 aliphatic heterocycles. The van der Waals surface area contributed by atoms with E-state index < -0.39 is 5.41 Å². The average Bonchev–Trinajstić information content (AvgIpc) is 2.72. The zero-order valence-corrected chi connectivity index (χ0v) is 10.2. The maximum Gasteiger partial charge on any atom is 0.312 e. The first kappa shape index (κ1) is 12.4. The normalized spacial score (nSPS) is 22.3. The van der Waals surface area contributed by atoms with Crippen LogP contribution in [0, 0.1) is 16.7 Å². The van der Waals surface area contributed by atoms with Crippen molar-refractivity contribution in [2.45, 2.75) is 19.3 Å². The van der Waals surface area contributed by atoms with Crippen LogP contribution in [0.15, 0.2) is 36.9 Å². The molecule has 3 heteroatoms. The number of ether oxygens (including phenoxy) is 1. The molecule has 1 unspecified atom stereocenters.